The zero-order valence-electron chi connectivity index (χ0n) is 14.7. The fourth-order valence-corrected chi connectivity index (χ4v) is 3.17. The van der Waals surface area contributed by atoms with Crippen LogP contribution in [-0.2, 0) is 17.8 Å². The van der Waals surface area contributed by atoms with E-state index >= 15 is 0 Å². The van der Waals surface area contributed by atoms with E-state index in [1.807, 2.05) is 37.3 Å². The van der Waals surface area contributed by atoms with E-state index in [1.54, 1.807) is 16.8 Å². The first-order valence-corrected chi connectivity index (χ1v) is 8.64. The number of nitrogens with zero attached hydrogens (tertiary/aromatic N) is 5. The van der Waals surface area contributed by atoms with Crippen LogP contribution < -0.4 is 5.56 Å². The van der Waals surface area contributed by atoms with Gasteiger partial charge in [-0.1, -0.05) is 37.3 Å². The molecule has 0 amide bonds. The van der Waals surface area contributed by atoms with E-state index in [-0.39, 0.29) is 24.0 Å². The van der Waals surface area contributed by atoms with Gasteiger partial charge in [-0.3, -0.25) is 9.59 Å². The van der Waals surface area contributed by atoms with Crippen molar-refractivity contribution in [3.05, 3.63) is 58.6 Å². The topological polar surface area (TPSA) is 102 Å². The van der Waals surface area contributed by atoms with Crippen molar-refractivity contribution >= 4 is 22.6 Å². The Hall–Kier alpha value is -3.55. The number of carboxylic acid groups (broad SMARTS) is 1. The zero-order chi connectivity index (χ0) is 19.0. The second kappa shape index (κ2) is 6.64. The molecule has 0 aliphatic heterocycles. The SMILES string of the molecule is CCc1nn2c(nnc3c(=O)n(CCC(=O)O)ccc32)c1-c1ccccc1. The lowest BCUT2D eigenvalue weighted by atomic mass is 10.0. The Labute approximate surface area is 153 Å². The van der Waals surface area contributed by atoms with Gasteiger partial charge in [0.1, 0.15) is 5.52 Å². The summed E-state index contributed by atoms with van der Waals surface area (Å²) in [6.07, 6.45) is 2.15. The summed E-state index contributed by atoms with van der Waals surface area (Å²) in [6.45, 7) is 2.10. The van der Waals surface area contributed by atoms with Gasteiger partial charge in [-0.05, 0) is 18.1 Å². The van der Waals surface area contributed by atoms with E-state index in [9.17, 15) is 9.59 Å². The Bertz CT molecular complexity index is 1210. The van der Waals surface area contributed by atoms with Crippen LogP contribution in [0, 0.1) is 0 Å². The molecule has 0 aliphatic carbocycles. The van der Waals surface area contributed by atoms with Crippen molar-refractivity contribution < 1.29 is 9.90 Å². The maximum absolute atomic E-state index is 12.6. The van der Waals surface area contributed by atoms with Crippen LogP contribution in [0.25, 0.3) is 27.8 Å². The van der Waals surface area contributed by atoms with Gasteiger partial charge in [0.25, 0.3) is 5.56 Å². The highest BCUT2D eigenvalue weighted by Gasteiger charge is 2.18. The first kappa shape index (κ1) is 16.9. The molecule has 0 fully saturated rings. The van der Waals surface area contributed by atoms with E-state index in [0.717, 1.165) is 16.8 Å². The predicted molar refractivity (Wildman–Crippen MR) is 99.6 cm³/mol. The molecule has 0 saturated carbocycles. The second-order valence-electron chi connectivity index (χ2n) is 6.17. The molecule has 4 rings (SSSR count). The van der Waals surface area contributed by atoms with Gasteiger partial charge in [0.05, 0.1) is 17.7 Å². The molecule has 0 aliphatic rings. The molecule has 8 nitrogen and oxygen atoms in total. The quantitative estimate of drug-likeness (QED) is 0.583. The molecule has 0 atom stereocenters. The highest BCUT2D eigenvalue weighted by molar-refractivity contribution is 5.84. The summed E-state index contributed by atoms with van der Waals surface area (Å²) in [6, 6.07) is 11.6. The molecule has 0 spiro atoms. The zero-order valence-corrected chi connectivity index (χ0v) is 14.7. The Kier molecular flexibility index (Phi) is 4.15. The number of aryl methyl sites for hydroxylation is 2. The Morgan fingerprint density at radius 3 is 2.63 bits per heavy atom. The fourth-order valence-electron chi connectivity index (χ4n) is 3.17. The third-order valence-corrected chi connectivity index (χ3v) is 4.49. The first-order chi connectivity index (χ1) is 13.1. The normalized spacial score (nSPS) is 11.3. The monoisotopic (exact) mass is 363 g/mol. The molecular weight excluding hydrogens is 346 g/mol. The number of carbonyl (C=O) groups is 1. The van der Waals surface area contributed by atoms with Crippen molar-refractivity contribution in [2.24, 2.45) is 0 Å². The molecule has 3 heterocycles. The lowest BCUT2D eigenvalue weighted by molar-refractivity contribution is -0.137. The molecule has 1 N–H and O–H groups in total. The summed E-state index contributed by atoms with van der Waals surface area (Å²) >= 11 is 0. The van der Waals surface area contributed by atoms with Crippen LogP contribution in [0.4, 0.5) is 0 Å². The maximum Gasteiger partial charge on any atom is 0.305 e. The number of carboxylic acids is 1. The molecule has 8 heteroatoms. The number of aromatic nitrogens is 5. The summed E-state index contributed by atoms with van der Waals surface area (Å²) in [5.41, 5.74) is 3.70. The van der Waals surface area contributed by atoms with E-state index in [0.29, 0.717) is 17.6 Å². The first-order valence-electron chi connectivity index (χ1n) is 8.64. The van der Waals surface area contributed by atoms with Crippen molar-refractivity contribution in [1.29, 1.82) is 0 Å². The molecule has 1 aromatic carbocycles. The molecule has 0 unspecified atom stereocenters. The van der Waals surface area contributed by atoms with Gasteiger partial charge in [0, 0.05) is 12.7 Å². The van der Waals surface area contributed by atoms with Crippen LogP contribution in [0.5, 0.6) is 0 Å². The Morgan fingerprint density at radius 2 is 1.93 bits per heavy atom. The third-order valence-electron chi connectivity index (χ3n) is 4.49. The third kappa shape index (κ3) is 2.84. The fraction of sp³-hybridized carbons (Fsp3) is 0.211. The number of hydrogen-bond acceptors (Lipinski definition) is 5. The van der Waals surface area contributed by atoms with E-state index in [1.165, 1.54) is 4.57 Å². The molecule has 4 aromatic rings. The van der Waals surface area contributed by atoms with Gasteiger partial charge in [0.15, 0.2) is 11.2 Å². The van der Waals surface area contributed by atoms with Gasteiger partial charge in [-0.15, -0.1) is 10.2 Å². The highest BCUT2D eigenvalue weighted by Crippen LogP contribution is 2.28. The summed E-state index contributed by atoms with van der Waals surface area (Å²) in [5.74, 6) is -0.962. The largest absolute Gasteiger partial charge is 0.481 e. The van der Waals surface area contributed by atoms with Crippen molar-refractivity contribution in [2.45, 2.75) is 26.3 Å². The van der Waals surface area contributed by atoms with E-state index in [4.69, 9.17) is 5.11 Å². The van der Waals surface area contributed by atoms with E-state index < -0.39 is 5.97 Å². The molecule has 0 radical (unpaired) electrons. The minimum atomic E-state index is -0.962. The number of aliphatic carboxylic acids is 1. The lowest BCUT2D eigenvalue weighted by Crippen LogP contribution is -2.22. The number of hydrogen-bond donors (Lipinski definition) is 1. The maximum atomic E-state index is 12.6. The van der Waals surface area contributed by atoms with Crippen LogP contribution in [0.2, 0.25) is 0 Å². The standard InChI is InChI=1S/C19H17N5O3/c1-2-13-16(12-6-4-3-5-7-12)18-21-20-17-14(24(18)22-13)8-10-23(19(17)27)11-9-15(25)26/h3-8,10H,2,9,11H2,1H3,(H,25,26). The van der Waals surface area contributed by atoms with Gasteiger partial charge in [0.2, 0.25) is 0 Å². The van der Waals surface area contributed by atoms with E-state index in [2.05, 4.69) is 15.3 Å². The minimum absolute atomic E-state index is 0.0818. The van der Waals surface area contributed by atoms with Gasteiger partial charge in [-0.2, -0.15) is 5.10 Å². The Balaban J connectivity index is 1.95. The number of fused-ring (bicyclic) bond motifs is 3. The van der Waals surface area contributed by atoms with Crippen molar-refractivity contribution in [2.75, 3.05) is 0 Å². The van der Waals surface area contributed by atoms with Crippen LogP contribution in [0.15, 0.2) is 47.4 Å². The second-order valence-corrected chi connectivity index (χ2v) is 6.17. The number of benzene rings is 1. The number of pyridine rings is 1. The summed E-state index contributed by atoms with van der Waals surface area (Å²) in [7, 11) is 0. The van der Waals surface area contributed by atoms with Crippen LogP contribution in [-0.4, -0.2) is 35.5 Å². The molecular formula is C19H17N5O3. The molecule has 0 saturated heterocycles. The minimum Gasteiger partial charge on any atom is -0.481 e. The van der Waals surface area contributed by atoms with Crippen LogP contribution >= 0.6 is 0 Å². The van der Waals surface area contributed by atoms with Gasteiger partial charge in [-0.25, -0.2) is 4.52 Å². The summed E-state index contributed by atoms with van der Waals surface area (Å²) in [4.78, 5) is 23.4. The number of rotatable bonds is 5. The van der Waals surface area contributed by atoms with Gasteiger partial charge < -0.3 is 9.67 Å². The van der Waals surface area contributed by atoms with Crippen molar-refractivity contribution in [3.63, 3.8) is 0 Å². The average molecular weight is 363 g/mol. The molecule has 27 heavy (non-hydrogen) atoms. The van der Waals surface area contributed by atoms with Crippen molar-refractivity contribution in [1.82, 2.24) is 24.4 Å². The highest BCUT2D eigenvalue weighted by atomic mass is 16.4. The lowest BCUT2D eigenvalue weighted by Gasteiger charge is -2.06. The summed E-state index contributed by atoms with van der Waals surface area (Å²) < 4.78 is 2.98. The van der Waals surface area contributed by atoms with Crippen molar-refractivity contribution in [3.8, 4) is 11.1 Å². The van der Waals surface area contributed by atoms with Gasteiger partial charge >= 0.3 is 5.97 Å². The molecule has 0 bridgehead atoms. The molecule has 136 valence electrons. The average Bonchev–Trinajstić information content (AvgIpc) is 3.07. The van der Waals surface area contributed by atoms with Crippen LogP contribution in [0.1, 0.15) is 19.0 Å². The van der Waals surface area contributed by atoms with Crippen LogP contribution in [0.3, 0.4) is 0 Å². The smallest absolute Gasteiger partial charge is 0.305 e. The molecule has 3 aromatic heterocycles. The summed E-state index contributed by atoms with van der Waals surface area (Å²) in [5, 5.41) is 21.9. The Morgan fingerprint density at radius 1 is 1.15 bits per heavy atom. The predicted octanol–water partition coefficient (Wildman–Crippen LogP) is 2.14.